The zero-order valence-electron chi connectivity index (χ0n) is 25.8. The van der Waals surface area contributed by atoms with Crippen molar-refractivity contribution in [2.24, 2.45) is 0 Å². The molecule has 9 aromatic rings. The molecule has 0 saturated carbocycles. The lowest BCUT2D eigenvalue weighted by atomic mass is 9.97. The Labute approximate surface area is 277 Å². The van der Waals surface area contributed by atoms with Crippen LogP contribution >= 0.6 is 0 Å². The highest BCUT2D eigenvalue weighted by molar-refractivity contribution is 6.11. The van der Waals surface area contributed by atoms with Crippen LogP contribution in [0.3, 0.4) is 0 Å². The number of rotatable bonds is 4. The summed E-state index contributed by atoms with van der Waals surface area (Å²) in [5.41, 5.74) is 11.9. The Kier molecular flexibility index (Phi) is 6.22. The number of fused-ring (bicyclic) bond motifs is 6. The van der Waals surface area contributed by atoms with Gasteiger partial charge in [-0.3, -0.25) is 0 Å². The van der Waals surface area contributed by atoms with E-state index >= 15 is 0 Å². The molecule has 0 saturated heterocycles. The monoisotopic (exact) mass is 610 g/mol. The molecule has 0 amide bonds. The Hall–Kier alpha value is -6.88. The van der Waals surface area contributed by atoms with Gasteiger partial charge in [0.15, 0.2) is 5.69 Å². The number of aromatic nitrogens is 2. The largest absolute Gasteiger partial charge is 0.310 e. The van der Waals surface area contributed by atoms with Gasteiger partial charge in [-0.1, -0.05) is 103 Å². The van der Waals surface area contributed by atoms with Crippen LogP contribution in [-0.2, 0) is 0 Å². The second kappa shape index (κ2) is 10.9. The summed E-state index contributed by atoms with van der Waals surface area (Å²) in [6, 6.07) is 56.8. The summed E-state index contributed by atoms with van der Waals surface area (Å²) >= 11 is 0. The third-order valence-corrected chi connectivity index (χ3v) is 9.37. The fourth-order valence-corrected chi connectivity index (χ4v) is 7.19. The molecule has 4 nitrogen and oxygen atoms in total. The molecule has 2 aromatic heterocycles. The van der Waals surface area contributed by atoms with Crippen molar-refractivity contribution in [3.05, 3.63) is 175 Å². The highest BCUT2D eigenvalue weighted by atomic mass is 15.0. The molecule has 0 N–H and O–H groups in total. The molecule has 0 aliphatic rings. The highest BCUT2D eigenvalue weighted by Gasteiger charge is 2.17. The molecule has 0 unspecified atom stereocenters. The maximum Gasteiger partial charge on any atom is 0.189 e. The van der Waals surface area contributed by atoms with Crippen molar-refractivity contribution in [1.82, 2.24) is 9.13 Å². The maximum atomic E-state index is 9.88. The Morgan fingerprint density at radius 1 is 0.479 bits per heavy atom. The van der Waals surface area contributed by atoms with Gasteiger partial charge in [0.25, 0.3) is 0 Å². The summed E-state index contributed by atoms with van der Waals surface area (Å²) in [4.78, 5) is 3.72. The van der Waals surface area contributed by atoms with E-state index in [9.17, 15) is 5.26 Å². The van der Waals surface area contributed by atoms with Crippen molar-refractivity contribution in [1.29, 1.82) is 5.26 Å². The standard InChI is InChI=1S/C44H26N4/c1-46-33-22-23-38-37-13-4-7-16-42(37)48(44(38)27-33)43-24-17-29(28-45)25-39(43)31-20-18-30(19-21-31)32-9-8-10-34(26-32)47-40-14-5-2-11-35(40)36-12-3-6-15-41(36)47/h2-27H. The number of para-hydroxylation sites is 3. The molecular weight excluding hydrogens is 585 g/mol. The van der Waals surface area contributed by atoms with Gasteiger partial charge in [0, 0.05) is 38.3 Å². The van der Waals surface area contributed by atoms with Gasteiger partial charge in [-0.25, -0.2) is 4.85 Å². The molecule has 7 aromatic carbocycles. The van der Waals surface area contributed by atoms with Gasteiger partial charge in [0.05, 0.1) is 40.4 Å². The van der Waals surface area contributed by atoms with Crippen LogP contribution in [0.1, 0.15) is 5.56 Å². The van der Waals surface area contributed by atoms with Crippen LogP contribution in [0.2, 0.25) is 0 Å². The maximum absolute atomic E-state index is 9.88. The zero-order chi connectivity index (χ0) is 32.2. The van der Waals surface area contributed by atoms with Crippen molar-refractivity contribution in [2.75, 3.05) is 0 Å². The second-order valence-corrected chi connectivity index (χ2v) is 12.0. The SMILES string of the molecule is [C-]#[N+]c1ccc2c3ccccc3n(-c3ccc(C#N)cc3-c3ccc(-c4cccc(-n5c6ccccc6c6ccccc65)c4)cc3)c2c1. The minimum Gasteiger partial charge on any atom is -0.310 e. The van der Waals surface area contributed by atoms with Crippen molar-refractivity contribution in [2.45, 2.75) is 0 Å². The number of nitriles is 1. The van der Waals surface area contributed by atoms with Gasteiger partial charge < -0.3 is 9.13 Å². The van der Waals surface area contributed by atoms with Crippen molar-refractivity contribution < 1.29 is 0 Å². The van der Waals surface area contributed by atoms with Crippen LogP contribution in [0.15, 0.2) is 158 Å². The van der Waals surface area contributed by atoms with E-state index in [4.69, 9.17) is 6.57 Å². The molecule has 0 aliphatic carbocycles. The predicted octanol–water partition coefficient (Wildman–Crippen LogP) is 11.6. The van der Waals surface area contributed by atoms with Crippen LogP contribution in [0.25, 0.3) is 82.1 Å². The van der Waals surface area contributed by atoms with Crippen LogP contribution in [-0.4, -0.2) is 9.13 Å². The third-order valence-electron chi connectivity index (χ3n) is 9.37. The van der Waals surface area contributed by atoms with E-state index in [-0.39, 0.29) is 0 Å². The Morgan fingerprint density at radius 2 is 1.08 bits per heavy atom. The van der Waals surface area contributed by atoms with E-state index < -0.39 is 0 Å². The van der Waals surface area contributed by atoms with Crippen LogP contribution in [0.5, 0.6) is 0 Å². The first-order valence-corrected chi connectivity index (χ1v) is 15.9. The van der Waals surface area contributed by atoms with Crippen LogP contribution in [0, 0.1) is 17.9 Å². The molecule has 48 heavy (non-hydrogen) atoms. The molecule has 2 heterocycles. The molecule has 4 heteroatoms. The van der Waals surface area contributed by atoms with E-state index in [0.717, 1.165) is 55.4 Å². The Morgan fingerprint density at radius 3 is 1.73 bits per heavy atom. The van der Waals surface area contributed by atoms with Crippen LogP contribution < -0.4 is 0 Å². The number of hydrogen-bond donors (Lipinski definition) is 0. The van der Waals surface area contributed by atoms with E-state index in [1.54, 1.807) is 0 Å². The molecule has 0 radical (unpaired) electrons. The summed E-state index contributed by atoms with van der Waals surface area (Å²) < 4.78 is 4.56. The summed E-state index contributed by atoms with van der Waals surface area (Å²) in [5.74, 6) is 0. The van der Waals surface area contributed by atoms with E-state index in [1.165, 1.54) is 21.8 Å². The lowest BCUT2D eigenvalue weighted by Gasteiger charge is -2.15. The number of hydrogen-bond acceptors (Lipinski definition) is 1. The summed E-state index contributed by atoms with van der Waals surface area (Å²) in [7, 11) is 0. The lowest BCUT2D eigenvalue weighted by Crippen LogP contribution is -1.98. The second-order valence-electron chi connectivity index (χ2n) is 12.0. The van der Waals surface area contributed by atoms with Gasteiger partial charge in [0.2, 0.25) is 0 Å². The number of nitrogens with zero attached hydrogens (tertiary/aromatic N) is 4. The quantitative estimate of drug-likeness (QED) is 0.183. The first-order chi connectivity index (χ1) is 23.7. The number of benzene rings is 7. The van der Waals surface area contributed by atoms with Crippen molar-refractivity contribution in [3.8, 4) is 39.7 Å². The average Bonchev–Trinajstić information content (AvgIpc) is 3.67. The average molecular weight is 611 g/mol. The zero-order valence-corrected chi connectivity index (χ0v) is 25.8. The highest BCUT2D eigenvalue weighted by Crippen LogP contribution is 2.39. The smallest absolute Gasteiger partial charge is 0.189 e. The van der Waals surface area contributed by atoms with E-state index in [2.05, 4.69) is 129 Å². The molecule has 0 bridgehead atoms. The Bertz CT molecular complexity index is 2750. The van der Waals surface area contributed by atoms with Crippen molar-refractivity contribution >= 4 is 49.3 Å². The molecule has 9 rings (SSSR count). The molecule has 0 spiro atoms. The third kappa shape index (κ3) is 4.22. The van der Waals surface area contributed by atoms with Gasteiger partial charge in [-0.2, -0.15) is 5.26 Å². The van der Waals surface area contributed by atoms with Gasteiger partial charge >= 0.3 is 0 Å². The van der Waals surface area contributed by atoms with Crippen LogP contribution in [0.4, 0.5) is 5.69 Å². The topological polar surface area (TPSA) is 38.0 Å². The fraction of sp³-hybridized carbons (Fsp3) is 0. The van der Waals surface area contributed by atoms with E-state index in [0.29, 0.717) is 11.3 Å². The van der Waals surface area contributed by atoms with E-state index in [1.807, 2.05) is 48.5 Å². The molecule has 222 valence electrons. The molecule has 0 aliphatic heterocycles. The fourth-order valence-electron chi connectivity index (χ4n) is 7.19. The molecular formula is C44H26N4. The predicted molar refractivity (Wildman–Crippen MR) is 197 cm³/mol. The molecule has 0 atom stereocenters. The first-order valence-electron chi connectivity index (χ1n) is 15.9. The first kappa shape index (κ1) is 27.4. The summed E-state index contributed by atoms with van der Waals surface area (Å²) in [6.45, 7) is 7.65. The van der Waals surface area contributed by atoms with Gasteiger partial charge in [-0.05, 0) is 71.3 Å². The normalized spacial score (nSPS) is 11.3. The summed E-state index contributed by atoms with van der Waals surface area (Å²) in [6.07, 6.45) is 0. The lowest BCUT2D eigenvalue weighted by molar-refractivity contribution is 1.18. The van der Waals surface area contributed by atoms with Gasteiger partial charge in [-0.15, -0.1) is 0 Å². The summed E-state index contributed by atoms with van der Waals surface area (Å²) in [5, 5.41) is 14.6. The van der Waals surface area contributed by atoms with Crippen molar-refractivity contribution in [3.63, 3.8) is 0 Å². The Balaban J connectivity index is 1.18. The minimum atomic E-state index is 0.592. The van der Waals surface area contributed by atoms with Gasteiger partial charge in [0.1, 0.15) is 0 Å². The minimum absolute atomic E-state index is 0.592. The molecule has 0 fully saturated rings.